The monoisotopic (exact) mass is 1490 g/mol. The number of hydrogen-bond acceptors (Lipinski definition) is 9. The number of piperidine rings is 11. The second-order valence-corrected chi connectivity index (χ2v) is 45.4. The largest absolute Gasteiger partial charge is 0.303 e. The summed E-state index contributed by atoms with van der Waals surface area (Å²) in [6.45, 7) is 80.2. The van der Waals surface area contributed by atoms with Crippen molar-refractivity contribution >= 4 is 0 Å². The van der Waals surface area contributed by atoms with Gasteiger partial charge in [-0.3, -0.25) is 0 Å². The molecule has 0 aromatic heterocycles. The molecule has 20 fully saturated rings. The molecule has 20 rings (SSSR count). The van der Waals surface area contributed by atoms with E-state index in [0.29, 0.717) is 0 Å². The summed E-state index contributed by atoms with van der Waals surface area (Å²) in [5, 5.41) is 0. The minimum Gasteiger partial charge on any atom is -0.303 e. The second kappa shape index (κ2) is 44.8. The maximum absolute atomic E-state index is 2.69. The first-order valence-corrected chi connectivity index (χ1v) is 48.7. The van der Waals surface area contributed by atoms with Crippen LogP contribution >= 0.6 is 0 Å². The van der Waals surface area contributed by atoms with Gasteiger partial charge in [0.2, 0.25) is 0 Å². The van der Waals surface area contributed by atoms with E-state index in [1.165, 1.54) is 344 Å². The molecule has 0 aliphatic carbocycles. The first kappa shape index (κ1) is 89.0. The molecule has 0 N–H and O–H groups in total. The zero-order chi connectivity index (χ0) is 76.3. The molecular weight excluding hydrogens is 1300 g/mol. The van der Waals surface area contributed by atoms with E-state index in [1.807, 2.05) is 0 Å². The average molecular weight is 1490 g/mol. The molecule has 0 saturated carbocycles. The Hall–Kier alpha value is -0.360. The molecule has 9 nitrogen and oxygen atoms in total. The van der Waals surface area contributed by atoms with Gasteiger partial charge in [-0.25, -0.2) is 0 Å². The van der Waals surface area contributed by atoms with Crippen LogP contribution in [-0.2, 0) is 0 Å². The molecule has 23 atom stereocenters. The van der Waals surface area contributed by atoms with E-state index in [0.717, 1.165) is 160 Å². The molecule has 0 aromatic carbocycles. The molecule has 0 aromatic rings. The third kappa shape index (κ3) is 30.6. The van der Waals surface area contributed by atoms with E-state index >= 15 is 0 Å². The molecule has 9 heteroatoms. The van der Waals surface area contributed by atoms with Gasteiger partial charge in [0.15, 0.2) is 0 Å². The van der Waals surface area contributed by atoms with Gasteiger partial charge in [-0.15, -0.1) is 0 Å². The first-order valence-electron chi connectivity index (χ1n) is 48.7. The van der Waals surface area contributed by atoms with Crippen molar-refractivity contribution in [1.82, 2.24) is 44.1 Å². The van der Waals surface area contributed by atoms with Crippen LogP contribution in [-0.4, -0.2) is 221 Å². The van der Waals surface area contributed by atoms with Crippen LogP contribution in [0.4, 0.5) is 0 Å². The molecule has 0 spiro atoms. The van der Waals surface area contributed by atoms with Gasteiger partial charge < -0.3 is 44.1 Å². The predicted molar refractivity (Wildman–Crippen MR) is 464 cm³/mol. The van der Waals surface area contributed by atoms with Crippen LogP contribution in [0.3, 0.4) is 0 Å². The van der Waals surface area contributed by atoms with Crippen molar-refractivity contribution in [2.45, 2.75) is 292 Å². The van der Waals surface area contributed by atoms with Gasteiger partial charge >= 0.3 is 0 Å². The first-order chi connectivity index (χ1) is 51.2. The van der Waals surface area contributed by atoms with Gasteiger partial charge in [0.05, 0.1) is 0 Å². The summed E-state index contributed by atoms with van der Waals surface area (Å²) in [4.78, 5) is 24.0. The van der Waals surface area contributed by atoms with E-state index in [4.69, 9.17) is 0 Å². The van der Waals surface area contributed by atoms with Crippen molar-refractivity contribution in [3.8, 4) is 0 Å². The van der Waals surface area contributed by atoms with E-state index in [1.54, 1.807) is 0 Å². The van der Waals surface area contributed by atoms with Crippen molar-refractivity contribution in [1.29, 1.82) is 0 Å². The normalized spacial score (nSPS) is 40.9. The number of fused-ring (bicyclic) bond motifs is 21. The Morgan fingerprint density at radius 3 is 0.645 bits per heavy atom. The lowest BCUT2D eigenvalue weighted by Crippen LogP contribution is -2.47. The fraction of sp³-hybridized carbons (Fsp3) is 1.00. The zero-order valence-corrected chi connectivity index (χ0v) is 75.1. The fourth-order valence-electron chi connectivity index (χ4n) is 26.7. The van der Waals surface area contributed by atoms with Gasteiger partial charge in [-0.05, 0) is 399 Å². The number of nitrogens with zero attached hydrogens (tertiary/aromatic N) is 9. The Kier molecular flexibility index (Phi) is 37.3. The lowest BCUT2D eigenvalue weighted by molar-refractivity contribution is 0.0406. The second-order valence-electron chi connectivity index (χ2n) is 45.4. The average Bonchev–Trinajstić information content (AvgIpc) is 1.03. The summed E-state index contributed by atoms with van der Waals surface area (Å²) in [5.74, 6) is 26.9. The molecule has 20 aliphatic rings. The number of hydrogen-bond donors (Lipinski definition) is 0. The maximum atomic E-state index is 2.69. The third-order valence-electron chi connectivity index (χ3n) is 30.8. The molecular formula is C98H187N9. The highest BCUT2D eigenvalue weighted by Crippen LogP contribution is 2.43. The van der Waals surface area contributed by atoms with Crippen LogP contribution in [0.15, 0.2) is 0 Å². The Bertz CT molecular complexity index is 2120. The van der Waals surface area contributed by atoms with Crippen molar-refractivity contribution in [3.05, 3.63) is 0 Å². The van der Waals surface area contributed by atoms with Crippen molar-refractivity contribution < 1.29 is 0 Å². The van der Waals surface area contributed by atoms with Crippen LogP contribution in [0.25, 0.3) is 0 Å². The maximum Gasteiger partial charge on any atom is 0.00134 e. The van der Waals surface area contributed by atoms with E-state index in [2.05, 4.69) is 169 Å². The molecule has 20 saturated heterocycles. The Labute approximate surface area is 668 Å². The lowest BCUT2D eigenvalue weighted by Gasteiger charge is -2.45. The Morgan fingerprint density at radius 1 is 0.178 bits per heavy atom. The Balaban J connectivity index is 0.000000129. The quantitative estimate of drug-likeness (QED) is 0.133. The van der Waals surface area contributed by atoms with E-state index in [9.17, 15) is 0 Å². The fourth-order valence-corrected chi connectivity index (χ4v) is 26.7. The van der Waals surface area contributed by atoms with Crippen molar-refractivity contribution in [3.63, 3.8) is 0 Å². The minimum absolute atomic E-state index is 0.892. The summed E-state index contributed by atoms with van der Waals surface area (Å²) in [6, 6.07) is 0. The topological polar surface area (TPSA) is 29.2 Å². The summed E-state index contributed by atoms with van der Waals surface area (Å²) in [7, 11) is 0. The zero-order valence-electron chi connectivity index (χ0n) is 75.1. The van der Waals surface area contributed by atoms with Gasteiger partial charge in [0.1, 0.15) is 0 Å². The SMILES string of the molecule is CC(C)CC1CC2CCN(CC2)C1.CC(C)CC1CN2CCC1CC2.CC(C)C[C@@H]1CN2CCC[C@H]1C2.CC(C)C[C@@H]1CN2CC[C@H]1C2.CC(C)C[C@@H]1C[C@H]2CCN(C2)C1.CC(C)C[C@H]1CN2CCC[C@H]1C2.CC(C)C[C@H]1CN2CC[C@H]1C2.CC(C)C[C@H]1C[C@@H]2CCN(C2)C1.CC(C)C[C@H]1C[C@H]2CCN(C2)C1. The standard InChI is InChI=1S/C12H23N.6C11H21N.2C10H19N/c1-10(2)7-12-8-11-3-5-13(9-12)6-4-11;1-9(2)7-11-8-12-5-3-10(11)4-6-12;3*1-9(2)5-11-6-10-3-4-12(7-10)8-11;2*1-9(2)6-11-8-12-5-3-4-10(11)7-12;2*1-8(2)5-10-7-11-4-3-9(10)6-11/h10-12H,3-9H2,1-2H3;6*9-11H,3-8H2,1-2H3;2*8-10H,3-7H2,1-2H3/t;;10-,11+;2*10-,11-;10-,11+;10-,11-;9-,10+;9-,10-/m..1100000/s1. The highest BCUT2D eigenvalue weighted by molar-refractivity contribution is 4.95. The third-order valence-corrected chi connectivity index (χ3v) is 30.8. The molecule has 20 aliphatic heterocycles. The predicted octanol–water partition coefficient (Wildman–Crippen LogP) is 21.0. The van der Waals surface area contributed by atoms with Crippen LogP contribution in [0.2, 0.25) is 0 Å². The molecule has 20 heterocycles. The van der Waals surface area contributed by atoms with Gasteiger partial charge in [-0.2, -0.15) is 0 Å². The van der Waals surface area contributed by atoms with Crippen LogP contribution in [0.5, 0.6) is 0 Å². The lowest BCUT2D eigenvalue weighted by atomic mass is 9.75. The van der Waals surface area contributed by atoms with Gasteiger partial charge in [-0.1, -0.05) is 125 Å². The molecule has 0 radical (unpaired) electrons. The van der Waals surface area contributed by atoms with Gasteiger partial charge in [0, 0.05) is 105 Å². The highest BCUT2D eigenvalue weighted by atomic mass is 15.2. The van der Waals surface area contributed by atoms with Crippen molar-refractivity contribution in [2.24, 2.45) is 160 Å². The van der Waals surface area contributed by atoms with Crippen LogP contribution in [0, 0.1) is 160 Å². The molecule has 107 heavy (non-hydrogen) atoms. The van der Waals surface area contributed by atoms with E-state index < -0.39 is 0 Å². The summed E-state index contributed by atoms with van der Waals surface area (Å²) >= 11 is 0. The molecule has 9 unspecified atom stereocenters. The highest BCUT2D eigenvalue weighted by Gasteiger charge is 2.42. The van der Waals surface area contributed by atoms with E-state index in [-0.39, 0.29) is 0 Å². The smallest absolute Gasteiger partial charge is 0.00134 e. The molecule has 18 bridgehead atoms. The van der Waals surface area contributed by atoms with Crippen molar-refractivity contribution in [2.75, 3.05) is 177 Å². The summed E-state index contributed by atoms with van der Waals surface area (Å²) in [6.07, 6.45) is 38.5. The summed E-state index contributed by atoms with van der Waals surface area (Å²) in [5.41, 5.74) is 0. The van der Waals surface area contributed by atoms with Crippen LogP contribution < -0.4 is 0 Å². The van der Waals surface area contributed by atoms with Crippen LogP contribution in [0.1, 0.15) is 292 Å². The van der Waals surface area contributed by atoms with Gasteiger partial charge in [0.25, 0.3) is 0 Å². The molecule has 624 valence electrons. The summed E-state index contributed by atoms with van der Waals surface area (Å²) < 4.78 is 0. The Morgan fingerprint density at radius 2 is 0.383 bits per heavy atom. The minimum atomic E-state index is 0.892. The number of rotatable bonds is 18. The molecule has 0 amide bonds.